The minimum Gasteiger partial charge on any atom is -0.303 e. The number of hydrogen-bond acceptors (Lipinski definition) is 2. The molecule has 1 aromatic rings. The van der Waals surface area contributed by atoms with E-state index < -0.39 is 17.5 Å². The lowest BCUT2D eigenvalue weighted by molar-refractivity contribution is -0.114. The van der Waals surface area contributed by atoms with Crippen LogP contribution in [0.3, 0.4) is 0 Å². The number of fused-ring (bicyclic) bond motifs is 1. The first-order valence-corrected chi connectivity index (χ1v) is 7.22. The number of hydrogen-bond donors (Lipinski definition) is 0. The molecule has 0 saturated heterocycles. The number of nitrogens with zero attached hydrogens (tertiary/aromatic N) is 1. The summed E-state index contributed by atoms with van der Waals surface area (Å²) in [5.41, 5.74) is 0.707. The van der Waals surface area contributed by atoms with Crippen LogP contribution in [-0.2, 0) is 4.79 Å². The Morgan fingerprint density at radius 1 is 1.26 bits per heavy atom. The molecule has 1 amide bonds. The summed E-state index contributed by atoms with van der Waals surface area (Å²) < 4.78 is 13.8. The van der Waals surface area contributed by atoms with Crippen molar-refractivity contribution in [2.45, 2.75) is 25.7 Å². The number of amides is 1. The molecule has 0 spiro atoms. The maximum absolute atomic E-state index is 13.3. The largest absolute Gasteiger partial charge is 0.303 e. The minimum absolute atomic E-state index is 0.176. The molecule has 5 heteroatoms. The summed E-state index contributed by atoms with van der Waals surface area (Å²) in [6, 6.07) is 2.45. The van der Waals surface area contributed by atoms with E-state index in [0.29, 0.717) is 22.6 Å². The Bertz CT molecular complexity index is 567. The molecule has 100 valence electrons. The van der Waals surface area contributed by atoms with Crippen LogP contribution >= 0.6 is 15.9 Å². The Morgan fingerprint density at radius 3 is 2.63 bits per heavy atom. The van der Waals surface area contributed by atoms with Gasteiger partial charge in [0.1, 0.15) is 5.82 Å². The lowest BCUT2D eigenvalue weighted by Gasteiger charge is -2.21. The van der Waals surface area contributed by atoms with Crippen molar-refractivity contribution in [1.29, 1.82) is 0 Å². The number of anilines is 1. The molecule has 2 aliphatic rings. The smallest absolute Gasteiger partial charge is 0.299 e. The number of benzene rings is 1. The van der Waals surface area contributed by atoms with E-state index in [2.05, 4.69) is 15.9 Å². The number of Topliss-reactive ketones (excluding diaryl/α,β-unsaturated/α-hetero) is 1. The highest BCUT2D eigenvalue weighted by Gasteiger charge is 2.39. The van der Waals surface area contributed by atoms with Gasteiger partial charge in [-0.05, 0) is 46.8 Å². The number of rotatable bonds is 2. The molecule has 0 radical (unpaired) electrons. The second-order valence-corrected chi connectivity index (χ2v) is 6.03. The van der Waals surface area contributed by atoms with E-state index >= 15 is 0 Å². The SMILES string of the molecule is O=C1C(=O)N(CC2CCCC2)c2c(Br)cc(F)cc21. The third-order valence-electron chi connectivity index (χ3n) is 3.90. The number of ketones is 1. The fourth-order valence-electron chi connectivity index (χ4n) is 2.98. The lowest BCUT2D eigenvalue weighted by Crippen LogP contribution is -2.33. The Morgan fingerprint density at radius 2 is 1.95 bits per heavy atom. The van der Waals surface area contributed by atoms with Crippen LogP contribution in [0.4, 0.5) is 10.1 Å². The van der Waals surface area contributed by atoms with Crippen LogP contribution in [0.1, 0.15) is 36.0 Å². The van der Waals surface area contributed by atoms with E-state index in [1.54, 1.807) is 0 Å². The van der Waals surface area contributed by atoms with Crippen molar-refractivity contribution in [3.63, 3.8) is 0 Å². The minimum atomic E-state index is -0.604. The van der Waals surface area contributed by atoms with Gasteiger partial charge < -0.3 is 4.90 Å². The van der Waals surface area contributed by atoms with Crippen LogP contribution in [0.15, 0.2) is 16.6 Å². The number of carbonyl (C=O) groups is 2. The monoisotopic (exact) mass is 325 g/mol. The fourth-order valence-corrected chi connectivity index (χ4v) is 3.62. The zero-order chi connectivity index (χ0) is 13.6. The van der Waals surface area contributed by atoms with Gasteiger partial charge in [-0.2, -0.15) is 0 Å². The maximum atomic E-state index is 13.3. The van der Waals surface area contributed by atoms with Crippen LogP contribution in [-0.4, -0.2) is 18.2 Å². The highest BCUT2D eigenvalue weighted by atomic mass is 79.9. The molecule has 1 aromatic carbocycles. The summed E-state index contributed by atoms with van der Waals surface area (Å²) in [5, 5.41) is 0. The highest BCUT2D eigenvalue weighted by molar-refractivity contribution is 9.10. The van der Waals surface area contributed by atoms with Crippen LogP contribution in [0.25, 0.3) is 0 Å². The molecule has 1 heterocycles. The summed E-state index contributed by atoms with van der Waals surface area (Å²) in [6.45, 7) is 0.557. The van der Waals surface area contributed by atoms with Gasteiger partial charge in [0.25, 0.3) is 11.7 Å². The second kappa shape index (κ2) is 4.71. The Kier molecular flexibility index (Phi) is 3.17. The molecular formula is C14H13BrFNO2. The Labute approximate surface area is 118 Å². The molecule has 0 N–H and O–H groups in total. The predicted octanol–water partition coefficient (Wildman–Crippen LogP) is 3.31. The molecule has 0 bridgehead atoms. The van der Waals surface area contributed by atoms with Crippen molar-refractivity contribution in [1.82, 2.24) is 0 Å². The van der Waals surface area contributed by atoms with Crippen molar-refractivity contribution in [2.24, 2.45) is 5.92 Å². The highest BCUT2D eigenvalue weighted by Crippen LogP contribution is 2.38. The van der Waals surface area contributed by atoms with Crippen molar-refractivity contribution < 1.29 is 14.0 Å². The van der Waals surface area contributed by atoms with Crippen molar-refractivity contribution in [3.8, 4) is 0 Å². The summed E-state index contributed by atoms with van der Waals surface area (Å²) >= 11 is 3.26. The molecule has 19 heavy (non-hydrogen) atoms. The average Bonchev–Trinajstić information content (AvgIpc) is 2.93. The van der Waals surface area contributed by atoms with Crippen molar-refractivity contribution >= 4 is 33.3 Å². The van der Waals surface area contributed by atoms with E-state index in [4.69, 9.17) is 0 Å². The zero-order valence-electron chi connectivity index (χ0n) is 10.3. The maximum Gasteiger partial charge on any atom is 0.299 e. The summed E-state index contributed by atoms with van der Waals surface area (Å²) in [5.74, 6) is -1.20. The van der Waals surface area contributed by atoms with Crippen LogP contribution in [0.2, 0.25) is 0 Å². The normalized spacial score (nSPS) is 19.4. The molecule has 1 aliphatic carbocycles. The van der Waals surface area contributed by atoms with Gasteiger partial charge in [0.05, 0.1) is 11.3 Å². The van der Waals surface area contributed by atoms with Crippen LogP contribution in [0, 0.1) is 11.7 Å². The van der Waals surface area contributed by atoms with Crippen molar-refractivity contribution in [2.75, 3.05) is 11.4 Å². The summed E-state index contributed by atoms with van der Waals surface area (Å²) in [7, 11) is 0. The quantitative estimate of drug-likeness (QED) is 0.782. The first-order chi connectivity index (χ1) is 9.08. The van der Waals surface area contributed by atoms with Gasteiger partial charge in [-0.25, -0.2) is 4.39 Å². The molecule has 1 fully saturated rings. The van der Waals surface area contributed by atoms with Gasteiger partial charge >= 0.3 is 0 Å². The second-order valence-electron chi connectivity index (χ2n) is 5.18. The molecule has 0 unspecified atom stereocenters. The van der Waals surface area contributed by atoms with E-state index in [1.807, 2.05) is 0 Å². The van der Waals surface area contributed by atoms with Gasteiger partial charge in [-0.15, -0.1) is 0 Å². The molecule has 0 atom stereocenters. The molecule has 0 aromatic heterocycles. The first kappa shape index (κ1) is 12.8. The molecule has 1 saturated carbocycles. The van der Waals surface area contributed by atoms with E-state index in [-0.39, 0.29) is 5.56 Å². The first-order valence-electron chi connectivity index (χ1n) is 6.43. The lowest BCUT2D eigenvalue weighted by atomic mass is 10.1. The molecule has 1 aliphatic heterocycles. The number of halogens is 2. The van der Waals surface area contributed by atoms with Gasteiger partial charge in [-0.1, -0.05) is 12.8 Å². The topological polar surface area (TPSA) is 37.4 Å². The fraction of sp³-hybridized carbons (Fsp3) is 0.429. The van der Waals surface area contributed by atoms with Gasteiger partial charge in [0.2, 0.25) is 0 Å². The predicted molar refractivity (Wildman–Crippen MR) is 72.7 cm³/mol. The summed E-state index contributed by atoms with van der Waals surface area (Å²) in [4.78, 5) is 25.5. The van der Waals surface area contributed by atoms with Crippen LogP contribution in [0.5, 0.6) is 0 Å². The Balaban J connectivity index is 1.99. The third kappa shape index (κ3) is 2.10. The molecular weight excluding hydrogens is 313 g/mol. The van der Waals surface area contributed by atoms with Gasteiger partial charge in [0, 0.05) is 11.0 Å². The molecule has 3 nitrogen and oxygen atoms in total. The van der Waals surface area contributed by atoms with E-state index in [9.17, 15) is 14.0 Å². The van der Waals surface area contributed by atoms with Gasteiger partial charge in [0.15, 0.2) is 0 Å². The van der Waals surface area contributed by atoms with Crippen molar-refractivity contribution in [3.05, 3.63) is 28.0 Å². The number of carbonyl (C=O) groups excluding carboxylic acids is 2. The summed E-state index contributed by atoms with van der Waals surface area (Å²) in [6.07, 6.45) is 4.54. The van der Waals surface area contributed by atoms with Gasteiger partial charge in [-0.3, -0.25) is 9.59 Å². The Hall–Kier alpha value is -1.23. The molecule has 3 rings (SSSR count). The zero-order valence-corrected chi connectivity index (χ0v) is 11.9. The van der Waals surface area contributed by atoms with Crippen LogP contribution < -0.4 is 4.90 Å². The standard InChI is InChI=1S/C14H13BrFNO2/c15-11-6-9(16)5-10-12(11)17(14(19)13(10)18)7-8-3-1-2-4-8/h5-6,8H,1-4,7H2. The third-order valence-corrected chi connectivity index (χ3v) is 4.50. The van der Waals surface area contributed by atoms with E-state index in [1.165, 1.54) is 23.8 Å². The van der Waals surface area contributed by atoms with E-state index in [0.717, 1.165) is 18.9 Å². The average molecular weight is 326 g/mol.